The monoisotopic (exact) mass is 513 g/mol. The molecule has 5 rings (SSSR count). The maximum atomic E-state index is 15.2. The van der Waals surface area contributed by atoms with Crippen LogP contribution in [-0.4, -0.2) is 40.5 Å². The number of halogens is 1. The van der Waals surface area contributed by atoms with Crippen LogP contribution >= 0.6 is 0 Å². The molecule has 38 heavy (non-hydrogen) atoms. The second-order valence-electron chi connectivity index (χ2n) is 9.76. The van der Waals surface area contributed by atoms with E-state index in [1.54, 1.807) is 36.7 Å². The van der Waals surface area contributed by atoms with Crippen molar-refractivity contribution in [2.75, 3.05) is 0 Å². The standard InChI is InChI=1S/C27H24FN7O3/c1-27(2,3)17-10-16-12-32-35(26(38)22(16)20(28)11-17)25-19(14-36)21(6-9-31-25)34-13-18(24(29)37)23(33-34)15-4-7-30-8-5-15/h4-13,36H,14H2,1-3H3,(H2,29,37). The Hall–Kier alpha value is -4.77. The van der Waals surface area contributed by atoms with Crippen LogP contribution < -0.4 is 11.3 Å². The van der Waals surface area contributed by atoms with Gasteiger partial charge in [0.15, 0.2) is 5.82 Å². The Kier molecular flexibility index (Phi) is 6.08. The molecule has 11 heteroatoms. The number of pyridine rings is 2. The third-order valence-electron chi connectivity index (χ3n) is 6.25. The van der Waals surface area contributed by atoms with Gasteiger partial charge in [-0.3, -0.25) is 14.6 Å². The maximum Gasteiger partial charge on any atom is 0.283 e. The third-order valence-corrected chi connectivity index (χ3v) is 6.25. The number of nitrogens with two attached hydrogens (primary N) is 1. The summed E-state index contributed by atoms with van der Waals surface area (Å²) in [4.78, 5) is 33.8. The zero-order valence-electron chi connectivity index (χ0n) is 20.9. The number of aliphatic hydroxyl groups is 1. The quantitative estimate of drug-likeness (QED) is 0.368. The van der Waals surface area contributed by atoms with E-state index >= 15 is 4.39 Å². The van der Waals surface area contributed by atoms with Crippen LogP contribution in [0.2, 0.25) is 0 Å². The molecule has 192 valence electrons. The van der Waals surface area contributed by atoms with Crippen LogP contribution in [0.4, 0.5) is 4.39 Å². The van der Waals surface area contributed by atoms with Crippen LogP contribution in [0.1, 0.15) is 42.3 Å². The van der Waals surface area contributed by atoms with Gasteiger partial charge in [0.25, 0.3) is 11.5 Å². The van der Waals surface area contributed by atoms with Crippen LogP contribution in [-0.2, 0) is 12.0 Å². The molecule has 0 unspecified atom stereocenters. The van der Waals surface area contributed by atoms with E-state index in [9.17, 15) is 14.7 Å². The number of fused-ring (bicyclic) bond motifs is 1. The van der Waals surface area contributed by atoms with Gasteiger partial charge in [-0.25, -0.2) is 14.1 Å². The molecule has 0 spiro atoms. The second kappa shape index (κ2) is 9.27. The van der Waals surface area contributed by atoms with Crippen LogP contribution in [0.25, 0.3) is 33.5 Å². The first-order chi connectivity index (χ1) is 18.1. The minimum absolute atomic E-state index is 0.00205. The summed E-state index contributed by atoms with van der Waals surface area (Å²) >= 11 is 0. The number of hydrogen-bond donors (Lipinski definition) is 2. The number of rotatable bonds is 5. The van der Waals surface area contributed by atoms with E-state index in [1.165, 1.54) is 29.3 Å². The predicted molar refractivity (Wildman–Crippen MR) is 139 cm³/mol. The van der Waals surface area contributed by atoms with Gasteiger partial charge in [0.05, 0.1) is 29.4 Å². The van der Waals surface area contributed by atoms with Crippen LogP contribution in [0.5, 0.6) is 0 Å². The highest BCUT2D eigenvalue weighted by Crippen LogP contribution is 2.28. The molecule has 0 saturated heterocycles. The summed E-state index contributed by atoms with van der Waals surface area (Å²) in [6.07, 6.45) is 7.35. The van der Waals surface area contributed by atoms with E-state index in [4.69, 9.17) is 5.73 Å². The van der Waals surface area contributed by atoms with E-state index in [0.717, 1.165) is 10.2 Å². The second-order valence-corrected chi connectivity index (χ2v) is 9.76. The molecule has 3 N–H and O–H groups in total. The van der Waals surface area contributed by atoms with E-state index in [1.807, 2.05) is 20.8 Å². The van der Waals surface area contributed by atoms with Crippen molar-refractivity contribution in [3.8, 4) is 22.8 Å². The molecule has 0 aliphatic rings. The fourth-order valence-electron chi connectivity index (χ4n) is 4.24. The Morgan fingerprint density at radius 2 is 1.87 bits per heavy atom. The van der Waals surface area contributed by atoms with E-state index in [2.05, 4.69) is 20.2 Å². The van der Waals surface area contributed by atoms with E-state index in [0.29, 0.717) is 22.3 Å². The number of aromatic nitrogens is 6. The molecule has 1 amide bonds. The van der Waals surface area contributed by atoms with Gasteiger partial charge >= 0.3 is 0 Å². The number of amides is 1. The van der Waals surface area contributed by atoms with Crippen molar-refractivity contribution in [2.45, 2.75) is 32.8 Å². The molecule has 0 fully saturated rings. The summed E-state index contributed by atoms with van der Waals surface area (Å²) in [5, 5.41) is 19.3. The largest absolute Gasteiger partial charge is 0.391 e. The van der Waals surface area contributed by atoms with Gasteiger partial charge in [0.2, 0.25) is 0 Å². The van der Waals surface area contributed by atoms with Gasteiger partial charge in [0.1, 0.15) is 11.5 Å². The summed E-state index contributed by atoms with van der Waals surface area (Å²) < 4.78 is 17.5. The fourth-order valence-corrected chi connectivity index (χ4v) is 4.24. The van der Waals surface area contributed by atoms with Crippen molar-refractivity contribution < 1.29 is 14.3 Å². The molecule has 1 aromatic carbocycles. The number of nitrogens with zero attached hydrogens (tertiary/aromatic N) is 6. The Morgan fingerprint density at radius 3 is 2.53 bits per heavy atom. The van der Waals surface area contributed by atoms with Gasteiger partial charge < -0.3 is 10.8 Å². The van der Waals surface area contributed by atoms with Crippen molar-refractivity contribution in [2.24, 2.45) is 5.73 Å². The fraction of sp³-hybridized carbons (Fsp3) is 0.185. The first-order valence-electron chi connectivity index (χ1n) is 11.7. The van der Waals surface area contributed by atoms with Crippen LogP contribution in [0, 0.1) is 5.82 Å². The molecule has 0 saturated carbocycles. The number of benzene rings is 1. The predicted octanol–water partition coefficient (Wildman–Crippen LogP) is 3.06. The zero-order valence-corrected chi connectivity index (χ0v) is 20.9. The Balaban J connectivity index is 1.70. The van der Waals surface area contributed by atoms with Gasteiger partial charge in [-0.15, -0.1) is 0 Å². The molecule has 10 nitrogen and oxygen atoms in total. The Labute approximate surface area is 216 Å². The molecule has 5 aromatic rings. The van der Waals surface area contributed by atoms with Gasteiger partial charge in [-0.1, -0.05) is 20.8 Å². The zero-order chi connectivity index (χ0) is 27.2. The minimum Gasteiger partial charge on any atom is -0.391 e. The van der Waals surface area contributed by atoms with Crippen LogP contribution in [0.15, 0.2) is 66.1 Å². The minimum atomic E-state index is -0.726. The van der Waals surface area contributed by atoms with Crippen molar-refractivity contribution in [3.63, 3.8) is 0 Å². The summed E-state index contributed by atoms with van der Waals surface area (Å²) in [5.41, 5.74) is 6.88. The van der Waals surface area contributed by atoms with Crippen molar-refractivity contribution >= 4 is 16.7 Å². The highest BCUT2D eigenvalue weighted by molar-refractivity contribution is 5.98. The highest BCUT2D eigenvalue weighted by Gasteiger charge is 2.22. The van der Waals surface area contributed by atoms with Gasteiger partial charge in [-0.2, -0.15) is 14.9 Å². The molecule has 0 atom stereocenters. The lowest BCUT2D eigenvalue weighted by molar-refractivity contribution is 0.100. The van der Waals surface area contributed by atoms with Gasteiger partial charge in [-0.05, 0) is 41.3 Å². The van der Waals surface area contributed by atoms with E-state index < -0.39 is 23.9 Å². The molecule has 4 heterocycles. The summed E-state index contributed by atoms with van der Waals surface area (Å²) in [5.74, 6) is -1.37. The highest BCUT2D eigenvalue weighted by atomic mass is 19.1. The normalized spacial score (nSPS) is 11.7. The lowest BCUT2D eigenvalue weighted by Crippen LogP contribution is -2.25. The lowest BCUT2D eigenvalue weighted by atomic mass is 9.86. The number of primary amides is 1. The lowest BCUT2D eigenvalue weighted by Gasteiger charge is -2.20. The molecule has 0 aliphatic carbocycles. The number of carbonyl (C=O) groups excluding carboxylic acids is 1. The molecular formula is C27H24FN7O3. The summed E-state index contributed by atoms with van der Waals surface area (Å²) in [6, 6.07) is 8.01. The van der Waals surface area contributed by atoms with Crippen molar-refractivity contribution in [3.05, 3.63) is 94.2 Å². The first-order valence-corrected chi connectivity index (χ1v) is 11.7. The Morgan fingerprint density at radius 1 is 1.13 bits per heavy atom. The maximum absolute atomic E-state index is 15.2. The average Bonchev–Trinajstić information content (AvgIpc) is 3.34. The third kappa shape index (κ3) is 4.22. The molecular weight excluding hydrogens is 489 g/mol. The van der Waals surface area contributed by atoms with Crippen LogP contribution in [0.3, 0.4) is 0 Å². The number of aliphatic hydroxyl groups excluding tert-OH is 1. The summed E-state index contributed by atoms with van der Waals surface area (Å²) in [6.45, 7) is 5.30. The van der Waals surface area contributed by atoms with Crippen molar-refractivity contribution in [1.29, 1.82) is 0 Å². The average molecular weight is 514 g/mol. The SMILES string of the molecule is CC(C)(C)c1cc(F)c2c(=O)n(-c3nccc(-n4cc(C(N)=O)c(-c5ccncc5)n4)c3CO)ncc2c1. The molecule has 0 aliphatic heterocycles. The Bertz CT molecular complexity index is 1760. The molecule has 0 bridgehead atoms. The number of hydrogen-bond acceptors (Lipinski definition) is 7. The topological polar surface area (TPSA) is 142 Å². The molecule has 4 aromatic heterocycles. The first kappa shape index (κ1) is 24.9. The summed E-state index contributed by atoms with van der Waals surface area (Å²) in [7, 11) is 0. The molecule has 0 radical (unpaired) electrons. The van der Waals surface area contributed by atoms with E-state index in [-0.39, 0.29) is 27.7 Å². The van der Waals surface area contributed by atoms with Gasteiger partial charge in [0, 0.05) is 41.3 Å². The van der Waals surface area contributed by atoms with Crippen molar-refractivity contribution in [1.82, 2.24) is 29.5 Å². The number of carbonyl (C=O) groups is 1. The smallest absolute Gasteiger partial charge is 0.283 e.